The summed E-state index contributed by atoms with van der Waals surface area (Å²) in [6.07, 6.45) is 2.22. The molecule has 21 heavy (non-hydrogen) atoms. The molecule has 0 radical (unpaired) electrons. The van der Waals surface area contributed by atoms with Crippen LogP contribution >= 0.6 is 0 Å². The van der Waals surface area contributed by atoms with Crippen LogP contribution in [0.2, 0.25) is 0 Å². The SMILES string of the molecule is Cn1nnc(CN2CCCNC(Cc3ccccc3)C2)n1. The molecule has 112 valence electrons. The lowest BCUT2D eigenvalue weighted by Gasteiger charge is -2.23. The van der Waals surface area contributed by atoms with E-state index in [1.807, 2.05) is 0 Å². The average Bonchev–Trinajstić information content (AvgIpc) is 2.76. The van der Waals surface area contributed by atoms with Gasteiger partial charge in [-0.25, -0.2) is 0 Å². The van der Waals surface area contributed by atoms with Crippen LogP contribution in [0.15, 0.2) is 30.3 Å². The Morgan fingerprint density at radius 1 is 1.29 bits per heavy atom. The number of hydrogen-bond acceptors (Lipinski definition) is 5. The molecule has 1 aromatic heterocycles. The van der Waals surface area contributed by atoms with Crippen molar-refractivity contribution in [1.82, 2.24) is 30.4 Å². The summed E-state index contributed by atoms with van der Waals surface area (Å²) in [7, 11) is 1.80. The van der Waals surface area contributed by atoms with Crippen molar-refractivity contribution in [3.05, 3.63) is 41.7 Å². The number of aromatic nitrogens is 4. The van der Waals surface area contributed by atoms with E-state index in [0.717, 1.165) is 44.8 Å². The summed E-state index contributed by atoms with van der Waals surface area (Å²) < 4.78 is 0. The fourth-order valence-electron chi connectivity index (χ4n) is 2.84. The van der Waals surface area contributed by atoms with E-state index in [4.69, 9.17) is 0 Å². The third-order valence-corrected chi connectivity index (χ3v) is 3.80. The number of tetrazole rings is 1. The molecule has 0 spiro atoms. The van der Waals surface area contributed by atoms with Crippen LogP contribution in [0.4, 0.5) is 0 Å². The molecule has 0 saturated carbocycles. The number of nitrogens with one attached hydrogen (secondary N) is 1. The zero-order chi connectivity index (χ0) is 14.5. The Balaban J connectivity index is 1.60. The molecule has 1 aromatic carbocycles. The zero-order valence-electron chi connectivity index (χ0n) is 12.4. The van der Waals surface area contributed by atoms with E-state index in [9.17, 15) is 0 Å². The fraction of sp³-hybridized carbons (Fsp3) is 0.533. The third kappa shape index (κ3) is 4.09. The van der Waals surface area contributed by atoms with Gasteiger partial charge in [-0.05, 0) is 36.7 Å². The summed E-state index contributed by atoms with van der Waals surface area (Å²) in [5.74, 6) is 0.804. The summed E-state index contributed by atoms with van der Waals surface area (Å²) in [4.78, 5) is 3.94. The van der Waals surface area contributed by atoms with E-state index >= 15 is 0 Å². The Bertz CT molecular complexity index is 552. The smallest absolute Gasteiger partial charge is 0.188 e. The first-order valence-corrected chi connectivity index (χ1v) is 7.52. The minimum Gasteiger partial charge on any atom is -0.312 e. The Hall–Kier alpha value is -1.79. The predicted molar refractivity (Wildman–Crippen MR) is 80.6 cm³/mol. The topological polar surface area (TPSA) is 58.9 Å². The summed E-state index contributed by atoms with van der Waals surface area (Å²) in [6, 6.07) is 11.1. The molecular weight excluding hydrogens is 264 g/mol. The van der Waals surface area contributed by atoms with Crippen molar-refractivity contribution in [3.63, 3.8) is 0 Å². The van der Waals surface area contributed by atoms with Gasteiger partial charge in [-0.2, -0.15) is 4.80 Å². The molecule has 1 unspecified atom stereocenters. The van der Waals surface area contributed by atoms with Gasteiger partial charge in [0.1, 0.15) is 0 Å². The van der Waals surface area contributed by atoms with E-state index in [0.29, 0.717) is 6.04 Å². The van der Waals surface area contributed by atoms with Crippen molar-refractivity contribution in [2.24, 2.45) is 7.05 Å². The second-order valence-electron chi connectivity index (χ2n) is 5.62. The largest absolute Gasteiger partial charge is 0.312 e. The molecule has 1 aliphatic heterocycles. The quantitative estimate of drug-likeness (QED) is 0.893. The first kappa shape index (κ1) is 14.2. The molecule has 0 amide bonds. The number of benzene rings is 1. The number of aryl methyl sites for hydroxylation is 1. The van der Waals surface area contributed by atoms with E-state index in [1.54, 1.807) is 7.05 Å². The van der Waals surface area contributed by atoms with Crippen molar-refractivity contribution < 1.29 is 0 Å². The average molecular weight is 286 g/mol. The summed E-state index contributed by atoms with van der Waals surface area (Å²) in [6.45, 7) is 3.95. The molecule has 2 heterocycles. The van der Waals surface area contributed by atoms with Crippen LogP contribution in [-0.2, 0) is 20.0 Å². The highest BCUT2D eigenvalue weighted by molar-refractivity contribution is 5.16. The Kier molecular flexibility index (Phi) is 4.57. The van der Waals surface area contributed by atoms with Crippen molar-refractivity contribution >= 4 is 0 Å². The Morgan fingerprint density at radius 2 is 2.14 bits per heavy atom. The van der Waals surface area contributed by atoms with Gasteiger partial charge < -0.3 is 5.32 Å². The van der Waals surface area contributed by atoms with Gasteiger partial charge >= 0.3 is 0 Å². The summed E-state index contributed by atoms with van der Waals surface area (Å²) in [5.41, 5.74) is 1.38. The van der Waals surface area contributed by atoms with Crippen molar-refractivity contribution in [3.8, 4) is 0 Å². The van der Waals surface area contributed by atoms with Crippen molar-refractivity contribution in [2.45, 2.75) is 25.4 Å². The molecule has 1 fully saturated rings. The third-order valence-electron chi connectivity index (χ3n) is 3.80. The lowest BCUT2D eigenvalue weighted by molar-refractivity contribution is 0.252. The van der Waals surface area contributed by atoms with Gasteiger partial charge in [0.25, 0.3) is 0 Å². The minimum atomic E-state index is 0.478. The Morgan fingerprint density at radius 3 is 2.90 bits per heavy atom. The van der Waals surface area contributed by atoms with Crippen LogP contribution in [0, 0.1) is 0 Å². The normalized spacial score (nSPS) is 20.3. The summed E-state index contributed by atoms with van der Waals surface area (Å²) in [5, 5.41) is 15.9. The molecule has 1 aliphatic rings. The fourth-order valence-corrected chi connectivity index (χ4v) is 2.84. The second kappa shape index (κ2) is 6.78. The molecule has 0 bridgehead atoms. The summed E-state index contributed by atoms with van der Waals surface area (Å²) >= 11 is 0. The molecule has 0 aliphatic carbocycles. The monoisotopic (exact) mass is 286 g/mol. The molecule has 1 saturated heterocycles. The highest BCUT2D eigenvalue weighted by Crippen LogP contribution is 2.09. The highest BCUT2D eigenvalue weighted by Gasteiger charge is 2.19. The standard InChI is InChI=1S/C15H22N6/c1-20-18-15(17-19-20)12-21-9-5-8-16-14(11-21)10-13-6-3-2-4-7-13/h2-4,6-7,14,16H,5,8-12H2,1H3. The van der Waals surface area contributed by atoms with Gasteiger partial charge in [0.05, 0.1) is 13.6 Å². The van der Waals surface area contributed by atoms with E-state index < -0.39 is 0 Å². The number of rotatable bonds is 4. The van der Waals surface area contributed by atoms with Crippen LogP contribution in [0.1, 0.15) is 17.8 Å². The van der Waals surface area contributed by atoms with E-state index in [-0.39, 0.29) is 0 Å². The van der Waals surface area contributed by atoms with Crippen LogP contribution in [0.3, 0.4) is 0 Å². The van der Waals surface area contributed by atoms with Crippen LogP contribution in [-0.4, -0.2) is 50.8 Å². The maximum Gasteiger partial charge on any atom is 0.188 e. The molecule has 2 aromatic rings. The Labute approximate surface area is 125 Å². The van der Waals surface area contributed by atoms with Gasteiger partial charge in [0, 0.05) is 12.6 Å². The van der Waals surface area contributed by atoms with Crippen LogP contribution in [0.5, 0.6) is 0 Å². The van der Waals surface area contributed by atoms with Gasteiger partial charge in [-0.3, -0.25) is 4.90 Å². The predicted octanol–water partition coefficient (Wildman–Crippen LogP) is 0.617. The lowest BCUT2D eigenvalue weighted by Crippen LogP contribution is -2.39. The van der Waals surface area contributed by atoms with E-state index in [1.165, 1.54) is 10.4 Å². The molecule has 3 rings (SSSR count). The maximum absolute atomic E-state index is 4.28. The van der Waals surface area contributed by atoms with Gasteiger partial charge in [-0.15, -0.1) is 10.2 Å². The maximum atomic E-state index is 4.28. The molecule has 6 heteroatoms. The zero-order valence-corrected chi connectivity index (χ0v) is 12.4. The minimum absolute atomic E-state index is 0.478. The van der Waals surface area contributed by atoms with Crippen LogP contribution < -0.4 is 5.32 Å². The van der Waals surface area contributed by atoms with Gasteiger partial charge in [0.2, 0.25) is 0 Å². The van der Waals surface area contributed by atoms with Crippen LogP contribution in [0.25, 0.3) is 0 Å². The van der Waals surface area contributed by atoms with Crippen molar-refractivity contribution in [1.29, 1.82) is 0 Å². The first-order valence-electron chi connectivity index (χ1n) is 7.52. The van der Waals surface area contributed by atoms with E-state index in [2.05, 4.69) is 56.0 Å². The second-order valence-corrected chi connectivity index (χ2v) is 5.62. The molecule has 1 N–H and O–H groups in total. The molecular formula is C15H22N6. The first-order chi connectivity index (χ1) is 10.3. The number of hydrogen-bond donors (Lipinski definition) is 1. The van der Waals surface area contributed by atoms with Crippen molar-refractivity contribution in [2.75, 3.05) is 19.6 Å². The lowest BCUT2D eigenvalue weighted by atomic mass is 10.1. The highest BCUT2D eigenvalue weighted by atomic mass is 15.6. The van der Waals surface area contributed by atoms with Gasteiger partial charge in [0.15, 0.2) is 5.82 Å². The molecule has 1 atom stereocenters. The van der Waals surface area contributed by atoms with Gasteiger partial charge in [-0.1, -0.05) is 30.3 Å². The number of nitrogens with zero attached hydrogens (tertiary/aromatic N) is 5. The molecule has 6 nitrogen and oxygen atoms in total.